The number of hydrogen-bond donors (Lipinski definition) is 0. The van der Waals surface area contributed by atoms with Crippen molar-refractivity contribution in [2.24, 2.45) is 0 Å². The fourth-order valence-corrected chi connectivity index (χ4v) is 4.10. The molecule has 2 aromatic rings. The number of ether oxygens (including phenoxy) is 1. The van der Waals surface area contributed by atoms with Gasteiger partial charge in [0.2, 0.25) is 0 Å². The molecule has 0 N–H and O–H groups in total. The van der Waals surface area contributed by atoms with Crippen molar-refractivity contribution in [3.05, 3.63) is 63.6 Å². The van der Waals surface area contributed by atoms with Crippen LogP contribution >= 0.6 is 23.2 Å². The van der Waals surface area contributed by atoms with E-state index in [0.717, 1.165) is 18.5 Å². The fraction of sp³-hybridized carbons (Fsp3) is 0.368. The van der Waals surface area contributed by atoms with E-state index in [1.54, 1.807) is 0 Å². The van der Waals surface area contributed by atoms with E-state index < -0.39 is 6.17 Å². The lowest BCUT2D eigenvalue weighted by atomic mass is 10.1. The van der Waals surface area contributed by atoms with Gasteiger partial charge < -0.3 is 4.74 Å². The van der Waals surface area contributed by atoms with Gasteiger partial charge in [-0.3, -0.25) is 4.90 Å². The Morgan fingerprint density at radius 2 is 1.96 bits per heavy atom. The lowest BCUT2D eigenvalue weighted by molar-refractivity contribution is 0.0898. The molecule has 0 aromatic heterocycles. The Hall–Kier alpha value is -1.29. The van der Waals surface area contributed by atoms with Crippen LogP contribution in [0.15, 0.2) is 42.5 Å². The van der Waals surface area contributed by atoms with Gasteiger partial charge in [-0.05, 0) is 48.2 Å². The monoisotopic (exact) mass is 365 g/mol. The number of likely N-dealkylation sites (tertiary alicyclic amines) is 1. The average Bonchev–Trinajstić information content (AvgIpc) is 3.14. The highest BCUT2D eigenvalue weighted by atomic mass is 35.5. The molecule has 2 nitrogen and oxygen atoms in total. The van der Waals surface area contributed by atoms with Gasteiger partial charge in [-0.15, -0.1) is 0 Å². The molecule has 0 unspecified atom stereocenters. The number of nitrogens with zero attached hydrogens (tertiary/aromatic N) is 1. The summed E-state index contributed by atoms with van der Waals surface area (Å²) >= 11 is 12.5. The van der Waals surface area contributed by atoms with Crippen LogP contribution in [0.4, 0.5) is 4.39 Å². The van der Waals surface area contributed by atoms with Gasteiger partial charge in [-0.2, -0.15) is 0 Å². The summed E-state index contributed by atoms with van der Waals surface area (Å²) in [5.74, 6) is 0.651. The number of alkyl halides is 1. The van der Waals surface area contributed by atoms with Crippen molar-refractivity contribution in [3.63, 3.8) is 0 Å². The summed E-state index contributed by atoms with van der Waals surface area (Å²) < 4.78 is 20.0. The molecule has 5 heteroatoms. The first-order chi connectivity index (χ1) is 11.6. The molecule has 0 bridgehead atoms. The molecule has 126 valence electrons. The zero-order chi connectivity index (χ0) is 16.7. The Balaban J connectivity index is 1.68. The van der Waals surface area contributed by atoms with Crippen LogP contribution in [0.25, 0.3) is 0 Å². The van der Waals surface area contributed by atoms with E-state index in [4.69, 9.17) is 27.9 Å². The Labute approximate surface area is 151 Å². The number of hydrogen-bond acceptors (Lipinski definition) is 2. The molecule has 0 saturated carbocycles. The summed E-state index contributed by atoms with van der Waals surface area (Å²) in [6, 6.07) is 13.5. The SMILES string of the molecule is F[C@H]1CCN([C@H]2Cc3ccc(Cl)cc3[C@@H]2Oc2ccccc2Cl)C1. The van der Waals surface area contributed by atoms with E-state index in [2.05, 4.69) is 4.90 Å². The van der Waals surface area contributed by atoms with Crippen molar-refractivity contribution >= 4 is 23.2 Å². The molecule has 3 atom stereocenters. The molecule has 1 aliphatic carbocycles. The first kappa shape index (κ1) is 16.2. The molecule has 1 heterocycles. The van der Waals surface area contributed by atoms with Crippen molar-refractivity contribution in [3.8, 4) is 5.75 Å². The topological polar surface area (TPSA) is 12.5 Å². The number of rotatable bonds is 3. The summed E-state index contributed by atoms with van der Waals surface area (Å²) in [6.45, 7) is 1.23. The highest BCUT2D eigenvalue weighted by Gasteiger charge is 2.41. The standard InChI is InChI=1S/C19H18Cl2FNO/c20-13-6-5-12-9-17(23-8-7-14(22)11-23)19(15(12)10-13)24-18-4-2-1-3-16(18)21/h1-6,10,14,17,19H,7-9,11H2/t14-,17-,19-/m0/s1. The zero-order valence-corrected chi connectivity index (χ0v) is 14.6. The third-order valence-electron chi connectivity index (χ3n) is 4.91. The van der Waals surface area contributed by atoms with E-state index in [1.165, 1.54) is 5.56 Å². The van der Waals surface area contributed by atoms with Gasteiger partial charge in [0.05, 0.1) is 11.1 Å². The normalized spacial score (nSPS) is 26.5. The van der Waals surface area contributed by atoms with Crippen molar-refractivity contribution in [1.29, 1.82) is 0 Å². The van der Waals surface area contributed by atoms with Crippen LogP contribution in [0.5, 0.6) is 5.75 Å². The Morgan fingerprint density at radius 3 is 2.71 bits per heavy atom. The molecular formula is C19H18Cl2FNO. The van der Waals surface area contributed by atoms with E-state index in [9.17, 15) is 4.39 Å². The van der Waals surface area contributed by atoms with Gasteiger partial charge in [-0.25, -0.2) is 4.39 Å². The smallest absolute Gasteiger partial charge is 0.140 e. The molecule has 1 saturated heterocycles. The van der Waals surface area contributed by atoms with E-state index >= 15 is 0 Å². The Morgan fingerprint density at radius 1 is 1.12 bits per heavy atom. The molecule has 0 radical (unpaired) electrons. The van der Waals surface area contributed by atoms with E-state index in [0.29, 0.717) is 28.8 Å². The van der Waals surface area contributed by atoms with E-state index in [1.807, 2.05) is 42.5 Å². The summed E-state index contributed by atoms with van der Waals surface area (Å²) in [5, 5.41) is 1.27. The first-order valence-electron chi connectivity index (χ1n) is 8.19. The van der Waals surface area contributed by atoms with Gasteiger partial charge in [0.1, 0.15) is 18.0 Å². The van der Waals surface area contributed by atoms with Gasteiger partial charge in [0.15, 0.2) is 0 Å². The molecule has 0 amide bonds. The molecule has 2 aromatic carbocycles. The quantitative estimate of drug-likeness (QED) is 0.751. The van der Waals surface area contributed by atoms with Crippen molar-refractivity contribution in [2.75, 3.05) is 13.1 Å². The van der Waals surface area contributed by atoms with Crippen LogP contribution in [-0.4, -0.2) is 30.2 Å². The van der Waals surface area contributed by atoms with Crippen molar-refractivity contribution < 1.29 is 9.13 Å². The number of halogens is 3. The second-order valence-corrected chi connectivity index (χ2v) is 7.31. The number of benzene rings is 2. The lowest BCUT2D eigenvalue weighted by Gasteiger charge is -2.30. The zero-order valence-electron chi connectivity index (χ0n) is 13.1. The third-order valence-corrected chi connectivity index (χ3v) is 5.46. The average molecular weight is 366 g/mol. The van der Waals surface area contributed by atoms with Crippen molar-refractivity contribution in [1.82, 2.24) is 4.90 Å². The van der Waals surface area contributed by atoms with Crippen LogP contribution < -0.4 is 4.74 Å². The maximum absolute atomic E-state index is 13.7. The second kappa shape index (κ2) is 6.55. The summed E-state index contributed by atoms with van der Waals surface area (Å²) in [6.07, 6.45) is 0.489. The maximum atomic E-state index is 13.7. The molecule has 24 heavy (non-hydrogen) atoms. The van der Waals surface area contributed by atoms with Crippen LogP contribution in [0, 0.1) is 0 Å². The third kappa shape index (κ3) is 3.01. The van der Waals surface area contributed by atoms with Crippen LogP contribution in [0.1, 0.15) is 23.7 Å². The summed E-state index contributed by atoms with van der Waals surface area (Å²) in [7, 11) is 0. The molecule has 1 aliphatic heterocycles. The highest BCUT2D eigenvalue weighted by molar-refractivity contribution is 6.32. The van der Waals surface area contributed by atoms with Crippen LogP contribution in [-0.2, 0) is 6.42 Å². The van der Waals surface area contributed by atoms with Crippen LogP contribution in [0.3, 0.4) is 0 Å². The van der Waals surface area contributed by atoms with Crippen LogP contribution in [0.2, 0.25) is 10.0 Å². The number of fused-ring (bicyclic) bond motifs is 1. The van der Waals surface area contributed by atoms with Gasteiger partial charge >= 0.3 is 0 Å². The fourth-order valence-electron chi connectivity index (χ4n) is 3.74. The second-order valence-electron chi connectivity index (χ2n) is 6.46. The molecule has 4 rings (SSSR count). The molecule has 1 fully saturated rings. The Bertz CT molecular complexity index is 754. The van der Waals surface area contributed by atoms with E-state index in [-0.39, 0.29) is 12.1 Å². The summed E-state index contributed by atoms with van der Waals surface area (Å²) in [4.78, 5) is 2.19. The minimum absolute atomic E-state index is 0.107. The maximum Gasteiger partial charge on any atom is 0.140 e. The summed E-state index contributed by atoms with van der Waals surface area (Å²) in [5.41, 5.74) is 2.29. The predicted octanol–water partition coefficient (Wildman–Crippen LogP) is 5.08. The minimum atomic E-state index is -0.752. The highest BCUT2D eigenvalue weighted by Crippen LogP contribution is 2.41. The Kier molecular flexibility index (Phi) is 4.42. The number of para-hydroxylation sites is 1. The predicted molar refractivity (Wildman–Crippen MR) is 94.9 cm³/mol. The van der Waals surface area contributed by atoms with Gasteiger partial charge in [0, 0.05) is 18.1 Å². The van der Waals surface area contributed by atoms with Gasteiger partial charge in [0.25, 0.3) is 0 Å². The first-order valence-corrected chi connectivity index (χ1v) is 8.95. The largest absolute Gasteiger partial charge is 0.483 e. The molecule has 0 spiro atoms. The minimum Gasteiger partial charge on any atom is -0.483 e. The lowest BCUT2D eigenvalue weighted by Crippen LogP contribution is -2.38. The van der Waals surface area contributed by atoms with Crippen molar-refractivity contribution in [2.45, 2.75) is 31.2 Å². The molecule has 2 aliphatic rings. The molecular weight excluding hydrogens is 348 g/mol. The van der Waals surface area contributed by atoms with Gasteiger partial charge in [-0.1, -0.05) is 41.4 Å².